The molecule has 0 radical (unpaired) electrons. The van der Waals surface area contributed by atoms with Gasteiger partial charge < -0.3 is 19.7 Å². The summed E-state index contributed by atoms with van der Waals surface area (Å²) in [7, 11) is 0. The average Bonchev–Trinajstić information content (AvgIpc) is 2.52. The summed E-state index contributed by atoms with van der Waals surface area (Å²) in [5.74, 6) is 0.621. The highest BCUT2D eigenvalue weighted by Crippen LogP contribution is 2.49. The van der Waals surface area contributed by atoms with Gasteiger partial charge in [0, 0.05) is 11.1 Å². The van der Waals surface area contributed by atoms with Gasteiger partial charge in [0.05, 0.1) is 13.2 Å². The second kappa shape index (κ2) is 9.44. The van der Waals surface area contributed by atoms with Crippen LogP contribution in [0.3, 0.4) is 0 Å². The lowest BCUT2D eigenvalue weighted by Crippen LogP contribution is -2.06. The lowest BCUT2D eigenvalue weighted by atomic mass is 9.94. The Balaban J connectivity index is 3.45. The van der Waals surface area contributed by atoms with Crippen LogP contribution in [0.2, 0.25) is 0 Å². The first-order valence-electron chi connectivity index (χ1n) is 8.47. The summed E-state index contributed by atoms with van der Waals surface area (Å²) in [6.07, 6.45) is 5.62. The van der Waals surface area contributed by atoms with E-state index < -0.39 is 0 Å². The van der Waals surface area contributed by atoms with Gasteiger partial charge in [-0.2, -0.15) is 0 Å². The number of hydrogen-bond acceptors (Lipinski definition) is 4. The van der Waals surface area contributed by atoms with E-state index in [0.29, 0.717) is 19.0 Å². The maximum Gasteiger partial charge on any atom is 0.207 e. The van der Waals surface area contributed by atoms with E-state index >= 15 is 0 Å². The molecule has 126 valence electrons. The van der Waals surface area contributed by atoms with Crippen molar-refractivity contribution in [2.24, 2.45) is 0 Å². The number of benzene rings is 1. The van der Waals surface area contributed by atoms with Crippen LogP contribution in [0.1, 0.15) is 64.5 Å². The van der Waals surface area contributed by atoms with Crippen molar-refractivity contribution in [2.45, 2.75) is 66.2 Å². The highest BCUT2D eigenvalue weighted by atomic mass is 16.5. The van der Waals surface area contributed by atoms with Crippen molar-refractivity contribution in [3.05, 3.63) is 11.1 Å². The van der Waals surface area contributed by atoms with Crippen LogP contribution in [0.5, 0.6) is 23.0 Å². The summed E-state index contributed by atoms with van der Waals surface area (Å²) in [5, 5.41) is 20.7. The molecule has 0 aromatic heterocycles. The third-order valence-corrected chi connectivity index (χ3v) is 3.71. The van der Waals surface area contributed by atoms with E-state index in [-0.39, 0.29) is 17.2 Å². The van der Waals surface area contributed by atoms with Gasteiger partial charge in [0.1, 0.15) is 0 Å². The van der Waals surface area contributed by atoms with Gasteiger partial charge in [-0.1, -0.05) is 26.7 Å². The molecule has 0 atom stereocenters. The van der Waals surface area contributed by atoms with Crippen LogP contribution in [0, 0.1) is 0 Å². The van der Waals surface area contributed by atoms with Crippen LogP contribution in [-0.4, -0.2) is 23.4 Å². The number of ether oxygens (including phenoxy) is 2. The molecule has 0 amide bonds. The van der Waals surface area contributed by atoms with Gasteiger partial charge in [0.15, 0.2) is 11.5 Å². The van der Waals surface area contributed by atoms with Crippen molar-refractivity contribution in [1.29, 1.82) is 0 Å². The Hall–Kier alpha value is -1.58. The monoisotopic (exact) mass is 310 g/mol. The van der Waals surface area contributed by atoms with Crippen molar-refractivity contribution < 1.29 is 19.7 Å². The Morgan fingerprint density at radius 2 is 1.18 bits per heavy atom. The van der Waals surface area contributed by atoms with Gasteiger partial charge in [0.25, 0.3) is 0 Å². The normalized spacial score (nSPS) is 10.7. The number of phenols is 2. The minimum Gasteiger partial charge on any atom is -0.504 e. The number of hydrogen-bond donors (Lipinski definition) is 2. The largest absolute Gasteiger partial charge is 0.504 e. The molecule has 0 fully saturated rings. The fraction of sp³-hybridized carbons (Fsp3) is 0.667. The summed E-state index contributed by atoms with van der Waals surface area (Å²) < 4.78 is 11.3. The summed E-state index contributed by atoms with van der Waals surface area (Å²) in [5.41, 5.74) is 1.79. The molecular weight excluding hydrogens is 280 g/mol. The molecule has 1 aromatic carbocycles. The number of unbranched alkanes of at least 4 members (excludes halogenated alkanes) is 2. The maximum absolute atomic E-state index is 10.4. The van der Waals surface area contributed by atoms with Crippen LogP contribution >= 0.6 is 0 Å². The quantitative estimate of drug-likeness (QED) is 0.621. The molecule has 22 heavy (non-hydrogen) atoms. The fourth-order valence-electron chi connectivity index (χ4n) is 2.59. The molecule has 2 N–H and O–H groups in total. The molecule has 0 bridgehead atoms. The van der Waals surface area contributed by atoms with E-state index in [4.69, 9.17) is 9.47 Å². The van der Waals surface area contributed by atoms with Crippen molar-refractivity contribution in [2.75, 3.05) is 13.2 Å². The van der Waals surface area contributed by atoms with Crippen LogP contribution in [0.25, 0.3) is 0 Å². The Kier molecular flexibility index (Phi) is 7.92. The van der Waals surface area contributed by atoms with Gasteiger partial charge in [0.2, 0.25) is 11.5 Å². The summed E-state index contributed by atoms with van der Waals surface area (Å²) in [6.45, 7) is 8.92. The summed E-state index contributed by atoms with van der Waals surface area (Å²) in [4.78, 5) is 0. The molecule has 1 aromatic rings. The lowest BCUT2D eigenvalue weighted by molar-refractivity contribution is 0.266. The molecule has 4 nitrogen and oxygen atoms in total. The first-order chi connectivity index (χ1) is 10.6. The summed E-state index contributed by atoms with van der Waals surface area (Å²) >= 11 is 0. The Bertz CT molecular complexity index is 469. The van der Waals surface area contributed by atoms with E-state index in [2.05, 4.69) is 13.8 Å². The zero-order valence-electron chi connectivity index (χ0n) is 14.4. The molecule has 0 aliphatic carbocycles. The molecular formula is C18H30O4. The smallest absolute Gasteiger partial charge is 0.207 e. The Labute approximate surface area is 134 Å². The minimum absolute atomic E-state index is 0.0496. The molecule has 0 unspecified atom stereocenters. The molecule has 0 aliphatic rings. The zero-order chi connectivity index (χ0) is 16.5. The lowest BCUT2D eigenvalue weighted by Gasteiger charge is -2.21. The first kappa shape index (κ1) is 18.5. The molecule has 0 spiro atoms. The van der Waals surface area contributed by atoms with Crippen LogP contribution in [0.4, 0.5) is 0 Å². The second-order valence-corrected chi connectivity index (χ2v) is 5.39. The minimum atomic E-state index is -0.198. The van der Waals surface area contributed by atoms with E-state index in [1.54, 1.807) is 0 Å². The van der Waals surface area contributed by atoms with Crippen LogP contribution in [-0.2, 0) is 12.8 Å². The third-order valence-electron chi connectivity index (χ3n) is 3.71. The molecule has 0 saturated heterocycles. The van der Waals surface area contributed by atoms with Gasteiger partial charge in [-0.05, 0) is 39.5 Å². The number of aromatic hydroxyl groups is 2. The molecule has 4 heteroatoms. The molecule has 0 heterocycles. The number of rotatable bonds is 10. The predicted molar refractivity (Wildman–Crippen MR) is 89.3 cm³/mol. The van der Waals surface area contributed by atoms with E-state index in [9.17, 15) is 10.2 Å². The Morgan fingerprint density at radius 1 is 0.682 bits per heavy atom. The summed E-state index contributed by atoms with van der Waals surface area (Å²) in [6, 6.07) is 0. The third kappa shape index (κ3) is 4.21. The molecule has 0 aliphatic heterocycles. The van der Waals surface area contributed by atoms with Crippen molar-refractivity contribution in [3.63, 3.8) is 0 Å². The van der Waals surface area contributed by atoms with Crippen LogP contribution < -0.4 is 9.47 Å². The van der Waals surface area contributed by atoms with E-state index in [1.165, 1.54) is 0 Å². The molecule has 1 rings (SSSR count). The zero-order valence-corrected chi connectivity index (χ0v) is 14.4. The Morgan fingerprint density at radius 3 is 1.68 bits per heavy atom. The second-order valence-electron chi connectivity index (χ2n) is 5.39. The standard InChI is InChI=1S/C18H30O4/c1-5-9-11-13-14(12-10-6-2)17(21-7-3)18(22-8-4)16(20)15(13)19/h19-20H,5-12H2,1-4H3. The van der Waals surface area contributed by atoms with Crippen molar-refractivity contribution in [1.82, 2.24) is 0 Å². The average molecular weight is 310 g/mol. The van der Waals surface area contributed by atoms with Gasteiger partial charge in [-0.25, -0.2) is 0 Å². The highest BCUT2D eigenvalue weighted by molar-refractivity contribution is 5.66. The van der Waals surface area contributed by atoms with Gasteiger partial charge in [-0.3, -0.25) is 0 Å². The SMILES string of the molecule is CCCCc1c(O)c(O)c(OCC)c(OCC)c1CCCC. The van der Waals surface area contributed by atoms with Crippen LogP contribution in [0.15, 0.2) is 0 Å². The van der Waals surface area contributed by atoms with Gasteiger partial charge >= 0.3 is 0 Å². The van der Waals surface area contributed by atoms with Crippen molar-refractivity contribution >= 4 is 0 Å². The fourth-order valence-corrected chi connectivity index (χ4v) is 2.59. The first-order valence-corrected chi connectivity index (χ1v) is 8.47. The number of phenolic OH excluding ortho intramolecular Hbond substituents is 2. The van der Waals surface area contributed by atoms with E-state index in [1.807, 2.05) is 13.8 Å². The maximum atomic E-state index is 10.4. The molecule has 0 saturated carbocycles. The van der Waals surface area contributed by atoms with Crippen molar-refractivity contribution in [3.8, 4) is 23.0 Å². The highest BCUT2D eigenvalue weighted by Gasteiger charge is 2.25. The topological polar surface area (TPSA) is 58.9 Å². The van der Waals surface area contributed by atoms with E-state index in [0.717, 1.165) is 49.7 Å². The predicted octanol–water partition coefficient (Wildman–Crippen LogP) is 4.58. The van der Waals surface area contributed by atoms with Gasteiger partial charge in [-0.15, -0.1) is 0 Å².